The predicted octanol–water partition coefficient (Wildman–Crippen LogP) is 0.153. The molecular formula is C16H18N4O4S2. The van der Waals surface area contributed by atoms with Crippen molar-refractivity contribution in [2.75, 3.05) is 29.5 Å². The van der Waals surface area contributed by atoms with Gasteiger partial charge in [0.25, 0.3) is 0 Å². The minimum absolute atomic E-state index is 0.100. The van der Waals surface area contributed by atoms with Gasteiger partial charge in [-0.05, 0) is 18.2 Å². The Hall–Kier alpha value is -2.04. The standard InChI is InChI=1S/C16H18N4O4S2/c21-25(22)11-14-15(12-25)20(26(23,24)13-5-2-1-3-6-13)10-9-19(14)16-17-7-4-8-18-16/h1-8,14-15H,9-12H2/t14-,15+/m0/s1. The van der Waals surface area contributed by atoms with Crippen LogP contribution in [-0.4, -0.2) is 67.8 Å². The van der Waals surface area contributed by atoms with Gasteiger partial charge in [-0.3, -0.25) is 0 Å². The van der Waals surface area contributed by atoms with Crippen LogP contribution in [0.5, 0.6) is 0 Å². The summed E-state index contributed by atoms with van der Waals surface area (Å²) in [5.41, 5.74) is 0. The molecule has 2 saturated heterocycles. The van der Waals surface area contributed by atoms with Crippen LogP contribution in [0.2, 0.25) is 0 Å². The Morgan fingerprint density at radius 1 is 0.923 bits per heavy atom. The summed E-state index contributed by atoms with van der Waals surface area (Å²) >= 11 is 0. The number of hydrogen-bond acceptors (Lipinski definition) is 7. The Kier molecular flexibility index (Phi) is 4.20. The number of nitrogens with zero attached hydrogens (tertiary/aromatic N) is 4. The molecule has 3 heterocycles. The third kappa shape index (κ3) is 2.97. The van der Waals surface area contributed by atoms with Crippen LogP contribution in [0.25, 0.3) is 0 Å². The van der Waals surface area contributed by atoms with Crippen molar-refractivity contribution >= 4 is 25.8 Å². The summed E-state index contributed by atoms with van der Waals surface area (Å²) < 4.78 is 52.0. The fourth-order valence-corrected chi connectivity index (χ4v) is 7.38. The largest absolute Gasteiger partial charge is 0.334 e. The van der Waals surface area contributed by atoms with Crippen LogP contribution in [0.15, 0.2) is 53.7 Å². The minimum atomic E-state index is -3.77. The highest BCUT2D eigenvalue weighted by Gasteiger charge is 2.51. The Labute approximate surface area is 152 Å². The summed E-state index contributed by atoms with van der Waals surface area (Å²) in [6.45, 7) is 0.527. The molecule has 0 amide bonds. The highest BCUT2D eigenvalue weighted by atomic mass is 32.2. The van der Waals surface area contributed by atoms with Gasteiger partial charge in [0, 0.05) is 25.5 Å². The zero-order chi connectivity index (χ0) is 18.4. The van der Waals surface area contributed by atoms with Crippen LogP contribution in [0.1, 0.15) is 0 Å². The third-order valence-electron chi connectivity index (χ3n) is 4.78. The average Bonchev–Trinajstić information content (AvgIpc) is 2.97. The zero-order valence-corrected chi connectivity index (χ0v) is 15.5. The number of hydrogen-bond donors (Lipinski definition) is 0. The zero-order valence-electron chi connectivity index (χ0n) is 13.8. The molecule has 2 fully saturated rings. The summed E-state index contributed by atoms with van der Waals surface area (Å²) in [5, 5.41) is 0. The second-order valence-corrected chi connectivity index (χ2v) is 10.4. The van der Waals surface area contributed by atoms with Crippen LogP contribution in [0.4, 0.5) is 5.95 Å². The second-order valence-electron chi connectivity index (χ2n) is 6.38. The summed E-state index contributed by atoms with van der Waals surface area (Å²) in [6.07, 6.45) is 3.18. The first kappa shape index (κ1) is 17.4. The Bertz CT molecular complexity index is 997. The number of rotatable bonds is 3. The molecule has 1 aromatic carbocycles. The van der Waals surface area contributed by atoms with Crippen LogP contribution in [0.3, 0.4) is 0 Å². The summed E-state index contributed by atoms with van der Waals surface area (Å²) in [4.78, 5) is 10.4. The first-order chi connectivity index (χ1) is 12.4. The smallest absolute Gasteiger partial charge is 0.243 e. The van der Waals surface area contributed by atoms with Gasteiger partial charge < -0.3 is 4.90 Å². The first-order valence-electron chi connectivity index (χ1n) is 8.19. The van der Waals surface area contributed by atoms with E-state index in [0.29, 0.717) is 12.5 Å². The van der Waals surface area contributed by atoms with Crippen molar-refractivity contribution in [1.82, 2.24) is 14.3 Å². The molecule has 0 N–H and O–H groups in total. The molecule has 2 aliphatic rings. The summed E-state index contributed by atoms with van der Waals surface area (Å²) in [6, 6.07) is 8.65. The lowest BCUT2D eigenvalue weighted by Crippen LogP contribution is -2.61. The van der Waals surface area contributed by atoms with Crippen LogP contribution in [0, 0.1) is 0 Å². The van der Waals surface area contributed by atoms with Crippen molar-refractivity contribution in [1.29, 1.82) is 0 Å². The normalized spacial score (nSPS) is 25.8. The van der Waals surface area contributed by atoms with Gasteiger partial charge in [-0.1, -0.05) is 18.2 Å². The van der Waals surface area contributed by atoms with E-state index >= 15 is 0 Å². The van der Waals surface area contributed by atoms with Crippen LogP contribution in [-0.2, 0) is 19.9 Å². The SMILES string of the molecule is O=S1(=O)C[C@@H]2[C@H](C1)N(c1ncccn1)CCN2S(=O)(=O)c1ccccc1. The molecule has 4 rings (SSSR count). The van der Waals surface area contributed by atoms with Gasteiger partial charge in [0.2, 0.25) is 16.0 Å². The van der Waals surface area contributed by atoms with Gasteiger partial charge in [-0.2, -0.15) is 4.31 Å². The van der Waals surface area contributed by atoms with E-state index < -0.39 is 31.9 Å². The van der Waals surface area contributed by atoms with Crippen LogP contribution >= 0.6 is 0 Å². The molecule has 2 aliphatic heterocycles. The molecule has 8 nitrogen and oxygen atoms in total. The summed E-state index contributed by atoms with van der Waals surface area (Å²) in [7, 11) is -7.12. The van der Waals surface area contributed by atoms with E-state index in [1.807, 2.05) is 4.90 Å². The molecule has 138 valence electrons. The topological polar surface area (TPSA) is 101 Å². The van der Waals surface area contributed by atoms with Crippen molar-refractivity contribution in [2.24, 2.45) is 0 Å². The van der Waals surface area contributed by atoms with Crippen LogP contribution < -0.4 is 4.90 Å². The third-order valence-corrected chi connectivity index (χ3v) is 8.42. The van der Waals surface area contributed by atoms with Gasteiger partial charge in [0.15, 0.2) is 9.84 Å². The molecule has 1 aromatic heterocycles. The molecule has 0 unspecified atom stereocenters. The van der Waals surface area contributed by atoms with E-state index in [-0.39, 0.29) is 22.9 Å². The monoisotopic (exact) mass is 394 g/mol. The molecular weight excluding hydrogens is 376 g/mol. The molecule has 0 aliphatic carbocycles. The number of piperazine rings is 1. The highest BCUT2D eigenvalue weighted by molar-refractivity contribution is 7.92. The molecule has 0 saturated carbocycles. The van der Waals surface area contributed by atoms with Crippen molar-refractivity contribution < 1.29 is 16.8 Å². The van der Waals surface area contributed by atoms with E-state index in [4.69, 9.17) is 0 Å². The molecule has 26 heavy (non-hydrogen) atoms. The van der Waals surface area contributed by atoms with Crippen molar-refractivity contribution in [3.8, 4) is 0 Å². The maximum atomic E-state index is 13.1. The number of sulfonamides is 1. The Morgan fingerprint density at radius 2 is 1.58 bits per heavy atom. The number of sulfone groups is 1. The van der Waals surface area contributed by atoms with Crippen molar-refractivity contribution in [3.05, 3.63) is 48.8 Å². The number of aromatic nitrogens is 2. The predicted molar refractivity (Wildman–Crippen MR) is 95.9 cm³/mol. The quantitative estimate of drug-likeness (QED) is 0.731. The van der Waals surface area contributed by atoms with Gasteiger partial charge in [0.1, 0.15) is 0 Å². The minimum Gasteiger partial charge on any atom is -0.334 e. The molecule has 0 radical (unpaired) electrons. The average molecular weight is 394 g/mol. The number of fused-ring (bicyclic) bond motifs is 1. The molecule has 10 heteroatoms. The second kappa shape index (κ2) is 6.29. The van der Waals surface area contributed by atoms with Crippen molar-refractivity contribution in [2.45, 2.75) is 17.0 Å². The lowest BCUT2D eigenvalue weighted by Gasteiger charge is -2.42. The van der Waals surface area contributed by atoms with Crippen molar-refractivity contribution in [3.63, 3.8) is 0 Å². The molecule has 0 spiro atoms. The maximum Gasteiger partial charge on any atom is 0.243 e. The fourth-order valence-electron chi connectivity index (χ4n) is 3.64. The van der Waals surface area contributed by atoms with Gasteiger partial charge in [-0.25, -0.2) is 26.8 Å². The maximum absolute atomic E-state index is 13.1. The fraction of sp³-hybridized carbons (Fsp3) is 0.375. The van der Waals surface area contributed by atoms with Gasteiger partial charge in [0.05, 0.1) is 28.5 Å². The Balaban J connectivity index is 1.73. The van der Waals surface area contributed by atoms with E-state index in [9.17, 15) is 16.8 Å². The van der Waals surface area contributed by atoms with E-state index in [1.165, 1.54) is 16.4 Å². The lowest BCUT2D eigenvalue weighted by molar-refractivity contribution is 0.273. The Morgan fingerprint density at radius 3 is 2.27 bits per heavy atom. The molecule has 0 bridgehead atoms. The first-order valence-corrected chi connectivity index (χ1v) is 11.5. The van der Waals surface area contributed by atoms with Gasteiger partial charge >= 0.3 is 0 Å². The van der Waals surface area contributed by atoms with E-state index in [0.717, 1.165) is 0 Å². The number of anilines is 1. The van der Waals surface area contributed by atoms with E-state index in [2.05, 4.69) is 9.97 Å². The van der Waals surface area contributed by atoms with E-state index in [1.54, 1.807) is 36.7 Å². The molecule has 2 atom stereocenters. The molecule has 2 aromatic rings. The summed E-state index contributed by atoms with van der Waals surface area (Å²) in [5.74, 6) is 0.139. The number of benzene rings is 1. The van der Waals surface area contributed by atoms with Gasteiger partial charge in [-0.15, -0.1) is 0 Å². The highest BCUT2D eigenvalue weighted by Crippen LogP contribution is 2.32. The lowest BCUT2D eigenvalue weighted by atomic mass is 10.1.